The van der Waals surface area contributed by atoms with Crippen LogP contribution < -0.4 is 15.4 Å². The third-order valence-corrected chi connectivity index (χ3v) is 3.36. The zero-order chi connectivity index (χ0) is 13.0. The van der Waals surface area contributed by atoms with Crippen molar-refractivity contribution in [1.82, 2.24) is 0 Å². The summed E-state index contributed by atoms with van der Waals surface area (Å²) in [5.74, 6) is 0.845. The van der Waals surface area contributed by atoms with Crippen LogP contribution in [0.3, 0.4) is 0 Å². The molecular formula is C14H22N2O2. The van der Waals surface area contributed by atoms with Crippen LogP contribution in [0.25, 0.3) is 0 Å². The summed E-state index contributed by atoms with van der Waals surface area (Å²) in [5.41, 5.74) is 7.91. The van der Waals surface area contributed by atoms with Crippen molar-refractivity contribution < 1.29 is 9.47 Å². The highest BCUT2D eigenvalue weighted by atomic mass is 16.5. The molecule has 1 heterocycles. The van der Waals surface area contributed by atoms with Gasteiger partial charge in [-0.25, -0.2) is 0 Å². The number of piperidine rings is 1. The van der Waals surface area contributed by atoms with Gasteiger partial charge in [0.1, 0.15) is 5.75 Å². The lowest BCUT2D eigenvalue weighted by Gasteiger charge is -2.34. The molecule has 2 N–H and O–H groups in total. The molecule has 1 aromatic carbocycles. The number of nitrogen functional groups attached to an aromatic ring is 1. The van der Waals surface area contributed by atoms with E-state index >= 15 is 0 Å². The Kier molecular flexibility index (Phi) is 4.31. The van der Waals surface area contributed by atoms with Crippen molar-refractivity contribution in [2.45, 2.75) is 25.9 Å². The van der Waals surface area contributed by atoms with Crippen LogP contribution >= 0.6 is 0 Å². The Morgan fingerprint density at radius 3 is 3.00 bits per heavy atom. The Labute approximate surface area is 109 Å². The number of anilines is 2. The SMILES string of the molecule is CCOC1CCCN(c2cc(OC)ccc2N)C1. The van der Waals surface area contributed by atoms with Gasteiger partial charge in [-0.05, 0) is 31.9 Å². The minimum Gasteiger partial charge on any atom is -0.497 e. The Balaban J connectivity index is 2.14. The Morgan fingerprint density at radius 1 is 1.44 bits per heavy atom. The van der Waals surface area contributed by atoms with Gasteiger partial charge in [0.15, 0.2) is 0 Å². The third kappa shape index (κ3) is 2.88. The monoisotopic (exact) mass is 250 g/mol. The van der Waals surface area contributed by atoms with Crippen LogP contribution in [0.15, 0.2) is 18.2 Å². The molecular weight excluding hydrogens is 228 g/mol. The molecule has 0 aliphatic carbocycles. The van der Waals surface area contributed by atoms with Crippen molar-refractivity contribution in [2.24, 2.45) is 0 Å². The molecule has 0 amide bonds. The predicted octanol–water partition coefficient (Wildman–Crippen LogP) is 2.28. The lowest BCUT2D eigenvalue weighted by Crippen LogP contribution is -2.40. The van der Waals surface area contributed by atoms with Gasteiger partial charge in [-0.15, -0.1) is 0 Å². The van der Waals surface area contributed by atoms with E-state index in [0.717, 1.165) is 49.7 Å². The molecule has 100 valence electrons. The predicted molar refractivity (Wildman–Crippen MR) is 74.3 cm³/mol. The number of nitrogens with two attached hydrogens (primary N) is 1. The summed E-state index contributed by atoms with van der Waals surface area (Å²) in [6.45, 7) is 4.75. The van der Waals surface area contributed by atoms with E-state index in [0.29, 0.717) is 6.10 Å². The number of rotatable bonds is 4. The fourth-order valence-corrected chi connectivity index (χ4v) is 2.45. The van der Waals surface area contributed by atoms with E-state index in [1.54, 1.807) is 7.11 Å². The molecule has 1 fully saturated rings. The summed E-state index contributed by atoms with van der Waals surface area (Å²) in [5, 5.41) is 0. The number of methoxy groups -OCH3 is 1. The van der Waals surface area contributed by atoms with Crippen LogP contribution in [-0.4, -0.2) is 32.9 Å². The maximum Gasteiger partial charge on any atom is 0.121 e. The van der Waals surface area contributed by atoms with E-state index in [2.05, 4.69) is 4.90 Å². The molecule has 0 bridgehead atoms. The quantitative estimate of drug-likeness (QED) is 0.833. The van der Waals surface area contributed by atoms with Crippen molar-refractivity contribution in [3.8, 4) is 5.75 Å². The zero-order valence-electron chi connectivity index (χ0n) is 11.2. The van der Waals surface area contributed by atoms with Crippen molar-refractivity contribution in [1.29, 1.82) is 0 Å². The van der Waals surface area contributed by atoms with Crippen molar-refractivity contribution in [2.75, 3.05) is 37.4 Å². The highest BCUT2D eigenvalue weighted by Gasteiger charge is 2.21. The average Bonchev–Trinajstić information content (AvgIpc) is 2.40. The number of hydrogen-bond donors (Lipinski definition) is 1. The third-order valence-electron chi connectivity index (χ3n) is 3.36. The van der Waals surface area contributed by atoms with E-state index in [1.807, 2.05) is 25.1 Å². The minimum absolute atomic E-state index is 0.314. The summed E-state index contributed by atoms with van der Waals surface area (Å²) in [6.07, 6.45) is 2.59. The molecule has 1 aliphatic rings. The first-order valence-corrected chi connectivity index (χ1v) is 6.54. The van der Waals surface area contributed by atoms with Crippen molar-refractivity contribution >= 4 is 11.4 Å². The fraction of sp³-hybridized carbons (Fsp3) is 0.571. The lowest BCUT2D eigenvalue weighted by atomic mass is 10.1. The molecule has 2 rings (SSSR count). The van der Waals surface area contributed by atoms with Gasteiger partial charge in [-0.1, -0.05) is 0 Å². The molecule has 1 unspecified atom stereocenters. The van der Waals surface area contributed by atoms with Gasteiger partial charge in [-0.3, -0.25) is 0 Å². The largest absolute Gasteiger partial charge is 0.497 e. The van der Waals surface area contributed by atoms with Crippen molar-refractivity contribution in [3.63, 3.8) is 0 Å². The number of benzene rings is 1. The van der Waals surface area contributed by atoms with E-state index in [1.165, 1.54) is 0 Å². The van der Waals surface area contributed by atoms with E-state index < -0.39 is 0 Å². The fourth-order valence-electron chi connectivity index (χ4n) is 2.45. The second-order valence-corrected chi connectivity index (χ2v) is 4.59. The van der Waals surface area contributed by atoms with Gasteiger partial charge < -0.3 is 20.1 Å². The summed E-state index contributed by atoms with van der Waals surface area (Å²) < 4.78 is 11.0. The van der Waals surface area contributed by atoms with Gasteiger partial charge >= 0.3 is 0 Å². The highest BCUT2D eigenvalue weighted by molar-refractivity contribution is 5.69. The normalized spacial score (nSPS) is 19.9. The summed E-state index contributed by atoms with van der Waals surface area (Å²) in [4.78, 5) is 2.29. The summed E-state index contributed by atoms with van der Waals surface area (Å²) >= 11 is 0. The van der Waals surface area contributed by atoms with E-state index in [4.69, 9.17) is 15.2 Å². The first kappa shape index (κ1) is 13.0. The second kappa shape index (κ2) is 5.96. The number of ether oxygens (including phenoxy) is 2. The van der Waals surface area contributed by atoms with Gasteiger partial charge in [0, 0.05) is 25.8 Å². The van der Waals surface area contributed by atoms with E-state index in [-0.39, 0.29) is 0 Å². The zero-order valence-corrected chi connectivity index (χ0v) is 11.2. The van der Waals surface area contributed by atoms with Crippen LogP contribution in [0.4, 0.5) is 11.4 Å². The molecule has 18 heavy (non-hydrogen) atoms. The molecule has 1 atom stereocenters. The Bertz CT molecular complexity index is 393. The molecule has 4 heteroatoms. The maximum atomic E-state index is 6.06. The molecule has 4 nitrogen and oxygen atoms in total. The molecule has 1 aromatic rings. The summed E-state index contributed by atoms with van der Waals surface area (Å²) in [6, 6.07) is 5.80. The van der Waals surface area contributed by atoms with E-state index in [9.17, 15) is 0 Å². The number of hydrogen-bond acceptors (Lipinski definition) is 4. The first-order valence-electron chi connectivity index (χ1n) is 6.54. The molecule has 0 saturated carbocycles. The lowest BCUT2D eigenvalue weighted by molar-refractivity contribution is 0.0527. The maximum absolute atomic E-state index is 6.06. The Hall–Kier alpha value is -1.42. The van der Waals surface area contributed by atoms with Crippen LogP contribution in [0.2, 0.25) is 0 Å². The topological polar surface area (TPSA) is 47.7 Å². The minimum atomic E-state index is 0.314. The molecule has 1 aliphatic heterocycles. The second-order valence-electron chi connectivity index (χ2n) is 4.59. The summed E-state index contributed by atoms with van der Waals surface area (Å²) in [7, 11) is 1.68. The van der Waals surface area contributed by atoms with Crippen LogP contribution in [0.1, 0.15) is 19.8 Å². The van der Waals surface area contributed by atoms with Gasteiger partial charge in [0.05, 0.1) is 24.6 Å². The molecule has 0 spiro atoms. The van der Waals surface area contributed by atoms with Gasteiger partial charge in [0.2, 0.25) is 0 Å². The van der Waals surface area contributed by atoms with Gasteiger partial charge in [-0.2, -0.15) is 0 Å². The Morgan fingerprint density at radius 2 is 2.28 bits per heavy atom. The average molecular weight is 250 g/mol. The standard InChI is InChI=1S/C14H22N2O2/c1-3-18-12-5-4-8-16(10-12)14-9-11(17-2)6-7-13(14)15/h6-7,9,12H,3-5,8,10,15H2,1-2H3. The van der Waals surface area contributed by atoms with Gasteiger partial charge in [0.25, 0.3) is 0 Å². The van der Waals surface area contributed by atoms with Crippen LogP contribution in [0, 0.1) is 0 Å². The molecule has 0 radical (unpaired) electrons. The number of nitrogens with zero attached hydrogens (tertiary/aromatic N) is 1. The highest BCUT2D eigenvalue weighted by Crippen LogP contribution is 2.30. The van der Waals surface area contributed by atoms with Crippen LogP contribution in [-0.2, 0) is 4.74 Å². The van der Waals surface area contributed by atoms with Crippen molar-refractivity contribution in [3.05, 3.63) is 18.2 Å². The smallest absolute Gasteiger partial charge is 0.121 e. The molecule has 1 saturated heterocycles. The first-order chi connectivity index (χ1) is 8.74. The molecule has 0 aromatic heterocycles. The van der Waals surface area contributed by atoms with Crippen LogP contribution in [0.5, 0.6) is 5.75 Å².